The first-order valence-corrected chi connectivity index (χ1v) is 11.2. The fraction of sp³-hybridized carbons (Fsp3) is 0.579. The number of methoxy groups -OCH3 is 1. The van der Waals surface area contributed by atoms with Crippen molar-refractivity contribution in [3.8, 4) is 5.75 Å². The van der Waals surface area contributed by atoms with Gasteiger partial charge >= 0.3 is 6.01 Å². The molecule has 2 fully saturated rings. The van der Waals surface area contributed by atoms with Crippen LogP contribution < -0.4 is 9.64 Å². The van der Waals surface area contributed by atoms with Crippen LogP contribution in [0.25, 0.3) is 0 Å². The van der Waals surface area contributed by atoms with E-state index in [-0.39, 0.29) is 4.90 Å². The number of benzene rings is 1. The molecule has 0 N–H and O–H groups in total. The van der Waals surface area contributed by atoms with Crippen LogP contribution in [0.15, 0.2) is 33.7 Å². The summed E-state index contributed by atoms with van der Waals surface area (Å²) in [7, 11) is -1.96. The molecule has 0 radical (unpaired) electrons. The summed E-state index contributed by atoms with van der Waals surface area (Å²) in [6, 6.07) is 6.98. The monoisotopic (exact) mass is 406 g/mol. The molecule has 2 heterocycles. The number of hydrogen-bond acceptors (Lipinski definition) is 7. The van der Waals surface area contributed by atoms with Gasteiger partial charge in [0, 0.05) is 32.1 Å². The average molecular weight is 407 g/mol. The van der Waals surface area contributed by atoms with Crippen molar-refractivity contribution in [2.45, 2.75) is 42.9 Å². The van der Waals surface area contributed by atoms with Gasteiger partial charge < -0.3 is 14.2 Å². The van der Waals surface area contributed by atoms with Gasteiger partial charge in [-0.2, -0.15) is 9.29 Å². The van der Waals surface area contributed by atoms with E-state index in [1.807, 2.05) is 4.90 Å². The van der Waals surface area contributed by atoms with Crippen LogP contribution in [0.5, 0.6) is 5.75 Å². The molecular weight excluding hydrogens is 380 g/mol. The van der Waals surface area contributed by atoms with Crippen molar-refractivity contribution in [3.05, 3.63) is 30.1 Å². The average Bonchev–Trinajstić information content (AvgIpc) is 3.25. The van der Waals surface area contributed by atoms with Crippen LogP contribution in [0, 0.1) is 0 Å². The van der Waals surface area contributed by atoms with Gasteiger partial charge in [0.15, 0.2) is 5.82 Å². The maximum atomic E-state index is 12.9. The molecule has 0 spiro atoms. The van der Waals surface area contributed by atoms with Crippen LogP contribution in [0.2, 0.25) is 0 Å². The molecule has 9 heteroatoms. The van der Waals surface area contributed by atoms with Crippen molar-refractivity contribution in [2.75, 3.05) is 38.2 Å². The van der Waals surface area contributed by atoms with Crippen LogP contribution in [0.4, 0.5) is 6.01 Å². The first kappa shape index (κ1) is 19.2. The highest BCUT2D eigenvalue weighted by atomic mass is 32.2. The van der Waals surface area contributed by atoms with Crippen LogP contribution in [0.3, 0.4) is 0 Å². The van der Waals surface area contributed by atoms with Crippen molar-refractivity contribution in [3.63, 3.8) is 0 Å². The topological polar surface area (TPSA) is 88.8 Å². The summed E-state index contributed by atoms with van der Waals surface area (Å²) in [4.78, 5) is 6.84. The van der Waals surface area contributed by atoms with E-state index in [2.05, 4.69) is 10.1 Å². The third-order valence-corrected chi connectivity index (χ3v) is 7.52. The number of nitrogens with zero attached hydrogens (tertiary/aromatic N) is 4. The minimum absolute atomic E-state index is 0.277. The highest BCUT2D eigenvalue weighted by Gasteiger charge is 2.31. The second-order valence-electron chi connectivity index (χ2n) is 7.34. The Labute approximate surface area is 165 Å². The summed E-state index contributed by atoms with van der Waals surface area (Å²) in [6.45, 7) is 1.83. The molecule has 0 atom stereocenters. The van der Waals surface area contributed by atoms with Gasteiger partial charge in [-0.1, -0.05) is 24.4 Å². The van der Waals surface area contributed by atoms with E-state index < -0.39 is 10.0 Å². The quantitative estimate of drug-likeness (QED) is 0.754. The Kier molecular flexibility index (Phi) is 5.54. The summed E-state index contributed by atoms with van der Waals surface area (Å²) in [5.41, 5.74) is 0. The second kappa shape index (κ2) is 8.08. The Balaban J connectivity index is 1.39. The number of sulfonamides is 1. The molecule has 1 aromatic heterocycles. The van der Waals surface area contributed by atoms with Crippen molar-refractivity contribution in [1.29, 1.82) is 0 Å². The van der Waals surface area contributed by atoms with E-state index in [1.54, 1.807) is 31.4 Å². The van der Waals surface area contributed by atoms with Crippen molar-refractivity contribution in [1.82, 2.24) is 14.4 Å². The zero-order chi connectivity index (χ0) is 19.6. The molecule has 1 aliphatic carbocycles. The summed E-state index contributed by atoms with van der Waals surface area (Å²) in [6.07, 6.45) is 5.96. The summed E-state index contributed by atoms with van der Waals surface area (Å²) < 4.78 is 37.8. The fourth-order valence-corrected chi connectivity index (χ4v) is 5.32. The summed E-state index contributed by atoms with van der Waals surface area (Å²) >= 11 is 0. The lowest BCUT2D eigenvalue weighted by Gasteiger charge is -2.32. The number of anilines is 1. The van der Waals surface area contributed by atoms with Crippen molar-refractivity contribution in [2.24, 2.45) is 0 Å². The lowest BCUT2D eigenvalue weighted by atomic mass is 9.89. The molecule has 2 aliphatic rings. The first-order chi connectivity index (χ1) is 13.6. The van der Waals surface area contributed by atoms with E-state index in [9.17, 15) is 8.42 Å². The van der Waals surface area contributed by atoms with Crippen LogP contribution >= 0.6 is 0 Å². The molecule has 0 bridgehead atoms. The molecule has 4 rings (SSSR count). The maximum absolute atomic E-state index is 12.9. The van der Waals surface area contributed by atoms with Gasteiger partial charge in [-0.05, 0) is 37.1 Å². The van der Waals surface area contributed by atoms with Gasteiger partial charge in [-0.25, -0.2) is 8.42 Å². The maximum Gasteiger partial charge on any atom is 0.324 e. The lowest BCUT2D eigenvalue weighted by molar-refractivity contribution is 0.348. The smallest absolute Gasteiger partial charge is 0.324 e. The molecule has 0 amide bonds. The van der Waals surface area contributed by atoms with E-state index >= 15 is 0 Å². The molecule has 1 saturated heterocycles. The number of hydrogen-bond donors (Lipinski definition) is 0. The van der Waals surface area contributed by atoms with Gasteiger partial charge in [0.1, 0.15) is 5.75 Å². The zero-order valence-electron chi connectivity index (χ0n) is 16.1. The van der Waals surface area contributed by atoms with E-state index in [0.29, 0.717) is 43.9 Å². The van der Waals surface area contributed by atoms with Gasteiger partial charge in [0.25, 0.3) is 0 Å². The molecule has 8 nitrogen and oxygen atoms in total. The van der Waals surface area contributed by atoms with E-state index in [0.717, 1.165) is 18.7 Å². The van der Waals surface area contributed by atoms with Gasteiger partial charge in [-0.15, -0.1) is 0 Å². The van der Waals surface area contributed by atoms with Crippen LogP contribution in [-0.2, 0) is 10.0 Å². The zero-order valence-corrected chi connectivity index (χ0v) is 16.9. The summed E-state index contributed by atoms with van der Waals surface area (Å²) in [5, 5.41) is 4.18. The normalized spacial score (nSPS) is 19.7. The predicted octanol–water partition coefficient (Wildman–Crippen LogP) is 2.64. The fourth-order valence-electron chi connectivity index (χ4n) is 3.90. The highest BCUT2D eigenvalue weighted by molar-refractivity contribution is 7.89. The minimum Gasteiger partial charge on any atom is -0.497 e. The third kappa shape index (κ3) is 3.86. The van der Waals surface area contributed by atoms with E-state index in [4.69, 9.17) is 9.26 Å². The molecule has 28 heavy (non-hydrogen) atoms. The second-order valence-corrected chi connectivity index (χ2v) is 9.27. The van der Waals surface area contributed by atoms with Crippen molar-refractivity contribution < 1.29 is 17.7 Å². The Morgan fingerprint density at radius 1 is 1.04 bits per heavy atom. The van der Waals surface area contributed by atoms with Crippen LogP contribution in [-0.4, -0.2) is 56.2 Å². The standard InChI is InChI=1S/C19H26N4O4S/c1-26-16-7-9-17(10-8-16)28(24,25)23-13-11-22(12-14-23)19-20-18(21-27-19)15-5-3-2-4-6-15/h7-10,15H,2-6,11-14H2,1H3. The Bertz CT molecular complexity index is 883. The molecule has 1 aromatic carbocycles. The molecule has 152 valence electrons. The number of aromatic nitrogens is 2. The SMILES string of the molecule is COc1ccc(S(=O)(=O)N2CCN(c3nc(C4CCCCC4)no3)CC2)cc1. The predicted molar refractivity (Wildman–Crippen MR) is 104 cm³/mol. The first-order valence-electron chi connectivity index (χ1n) is 9.80. The van der Waals surface area contributed by atoms with Gasteiger partial charge in [0.05, 0.1) is 12.0 Å². The molecule has 1 saturated carbocycles. The highest BCUT2D eigenvalue weighted by Crippen LogP contribution is 2.32. The Hall–Kier alpha value is -2.13. The number of ether oxygens (including phenoxy) is 1. The van der Waals surface area contributed by atoms with E-state index in [1.165, 1.54) is 23.6 Å². The number of rotatable bonds is 5. The van der Waals surface area contributed by atoms with Gasteiger partial charge in [-0.3, -0.25) is 0 Å². The Morgan fingerprint density at radius 2 is 1.71 bits per heavy atom. The van der Waals surface area contributed by atoms with Crippen LogP contribution in [0.1, 0.15) is 43.8 Å². The third-order valence-electron chi connectivity index (χ3n) is 5.61. The summed E-state index contributed by atoms with van der Waals surface area (Å²) in [5.74, 6) is 1.82. The van der Waals surface area contributed by atoms with Crippen molar-refractivity contribution >= 4 is 16.0 Å². The molecule has 0 unspecified atom stereocenters. The Morgan fingerprint density at radius 3 is 2.36 bits per heavy atom. The van der Waals surface area contributed by atoms with Gasteiger partial charge in [0.2, 0.25) is 10.0 Å². The largest absolute Gasteiger partial charge is 0.497 e. The molecule has 2 aromatic rings. The molecule has 1 aliphatic heterocycles. The minimum atomic E-state index is -3.52. The number of piperazine rings is 1. The lowest BCUT2D eigenvalue weighted by Crippen LogP contribution is -2.48. The molecular formula is C19H26N4O4S.